The molecule has 0 bridgehead atoms. The molecule has 0 spiro atoms. The number of hydrogen-bond acceptors (Lipinski definition) is 4. The van der Waals surface area contributed by atoms with Crippen molar-refractivity contribution in [1.29, 1.82) is 0 Å². The van der Waals surface area contributed by atoms with Crippen molar-refractivity contribution in [2.45, 2.75) is 6.23 Å². The number of nitrogens with zero attached hydrogens (tertiary/aromatic N) is 2. The SMILES string of the molecule is COc1ccc(C2OC(c3ccc(Cl)cc3)=NC(=S)N2c2ccc(OC)cc2)cc1. The molecule has 152 valence electrons. The van der Waals surface area contributed by atoms with Gasteiger partial charge in [-0.1, -0.05) is 11.6 Å². The second-order valence-corrected chi connectivity index (χ2v) is 7.32. The fraction of sp³-hybridized carbons (Fsp3) is 0.130. The van der Waals surface area contributed by atoms with Gasteiger partial charge in [0.1, 0.15) is 11.5 Å². The Labute approximate surface area is 185 Å². The molecular formula is C23H19ClN2O3S. The minimum atomic E-state index is -0.500. The Morgan fingerprint density at radius 2 is 1.43 bits per heavy atom. The van der Waals surface area contributed by atoms with Gasteiger partial charge in [0.15, 0.2) is 0 Å². The van der Waals surface area contributed by atoms with E-state index in [1.54, 1.807) is 26.4 Å². The summed E-state index contributed by atoms with van der Waals surface area (Å²) in [6.07, 6.45) is -0.500. The average molecular weight is 439 g/mol. The fourth-order valence-corrected chi connectivity index (χ4v) is 3.54. The predicted octanol–water partition coefficient (Wildman–Crippen LogP) is 5.62. The summed E-state index contributed by atoms with van der Waals surface area (Å²) in [5, 5.41) is 1.04. The van der Waals surface area contributed by atoms with E-state index < -0.39 is 6.23 Å². The van der Waals surface area contributed by atoms with Gasteiger partial charge in [-0.3, -0.25) is 4.90 Å². The number of anilines is 1. The van der Waals surface area contributed by atoms with Gasteiger partial charge in [-0.25, -0.2) is 0 Å². The van der Waals surface area contributed by atoms with E-state index >= 15 is 0 Å². The van der Waals surface area contributed by atoms with Crippen LogP contribution in [0.4, 0.5) is 5.69 Å². The van der Waals surface area contributed by atoms with E-state index in [9.17, 15) is 0 Å². The molecule has 7 heteroatoms. The quantitative estimate of drug-likeness (QED) is 0.483. The van der Waals surface area contributed by atoms with Crippen molar-refractivity contribution in [2.24, 2.45) is 4.99 Å². The topological polar surface area (TPSA) is 43.3 Å². The number of benzene rings is 3. The zero-order valence-electron chi connectivity index (χ0n) is 16.4. The molecule has 1 aliphatic rings. The van der Waals surface area contributed by atoms with E-state index in [2.05, 4.69) is 4.99 Å². The van der Waals surface area contributed by atoms with Gasteiger partial charge in [-0.2, -0.15) is 4.99 Å². The van der Waals surface area contributed by atoms with Crippen molar-refractivity contribution < 1.29 is 14.2 Å². The molecule has 0 aliphatic carbocycles. The van der Waals surface area contributed by atoms with Crippen LogP contribution in [-0.4, -0.2) is 25.2 Å². The predicted molar refractivity (Wildman–Crippen MR) is 123 cm³/mol. The Balaban J connectivity index is 1.76. The van der Waals surface area contributed by atoms with E-state index in [1.807, 2.05) is 65.6 Å². The minimum absolute atomic E-state index is 0.400. The van der Waals surface area contributed by atoms with Crippen molar-refractivity contribution in [3.05, 3.63) is 88.9 Å². The van der Waals surface area contributed by atoms with E-state index in [4.69, 9.17) is 38.0 Å². The van der Waals surface area contributed by atoms with Crippen LogP contribution < -0.4 is 14.4 Å². The molecule has 0 saturated carbocycles. The highest BCUT2D eigenvalue weighted by atomic mass is 35.5. The molecule has 1 aliphatic heterocycles. The number of thiocarbonyl (C=S) groups is 1. The minimum Gasteiger partial charge on any atom is -0.497 e. The highest BCUT2D eigenvalue weighted by Gasteiger charge is 2.32. The molecule has 1 unspecified atom stereocenters. The van der Waals surface area contributed by atoms with Crippen molar-refractivity contribution in [1.82, 2.24) is 0 Å². The normalized spacial score (nSPS) is 16.0. The summed E-state index contributed by atoms with van der Waals surface area (Å²) in [6, 6.07) is 22.6. The lowest BCUT2D eigenvalue weighted by Gasteiger charge is -2.36. The first-order chi connectivity index (χ1) is 14.6. The second-order valence-electron chi connectivity index (χ2n) is 6.52. The number of ether oxygens (including phenoxy) is 3. The summed E-state index contributed by atoms with van der Waals surface area (Å²) in [5.74, 6) is 1.97. The molecule has 0 aromatic heterocycles. The molecule has 3 aromatic carbocycles. The van der Waals surface area contributed by atoms with Crippen molar-refractivity contribution in [3.8, 4) is 11.5 Å². The zero-order valence-corrected chi connectivity index (χ0v) is 18.0. The maximum Gasteiger partial charge on any atom is 0.225 e. The highest BCUT2D eigenvalue weighted by Crippen LogP contribution is 2.35. The molecule has 0 N–H and O–H groups in total. The molecule has 5 nitrogen and oxygen atoms in total. The van der Waals surface area contributed by atoms with Gasteiger partial charge >= 0.3 is 0 Å². The number of halogens is 1. The molecule has 3 aromatic rings. The summed E-state index contributed by atoms with van der Waals surface area (Å²) in [6.45, 7) is 0. The summed E-state index contributed by atoms with van der Waals surface area (Å²) in [5.41, 5.74) is 2.56. The summed E-state index contributed by atoms with van der Waals surface area (Å²) in [4.78, 5) is 6.42. The van der Waals surface area contributed by atoms with Crippen LogP contribution in [0.5, 0.6) is 11.5 Å². The monoisotopic (exact) mass is 438 g/mol. The van der Waals surface area contributed by atoms with Gasteiger partial charge in [0, 0.05) is 21.8 Å². The Kier molecular flexibility index (Phi) is 5.88. The first kappa shape index (κ1) is 20.2. The van der Waals surface area contributed by atoms with E-state index in [0.29, 0.717) is 16.0 Å². The van der Waals surface area contributed by atoms with Crippen LogP contribution in [0, 0.1) is 0 Å². The first-order valence-corrected chi connectivity index (χ1v) is 10.00. The van der Waals surface area contributed by atoms with Gasteiger partial charge < -0.3 is 14.2 Å². The maximum atomic E-state index is 6.34. The molecule has 0 amide bonds. The Hall–Kier alpha value is -3.09. The van der Waals surface area contributed by atoms with Gasteiger partial charge in [0.2, 0.25) is 17.2 Å². The van der Waals surface area contributed by atoms with Crippen LogP contribution >= 0.6 is 23.8 Å². The third kappa shape index (κ3) is 4.10. The number of rotatable bonds is 5. The van der Waals surface area contributed by atoms with Crippen LogP contribution in [0.1, 0.15) is 17.4 Å². The third-order valence-corrected chi connectivity index (χ3v) is 5.24. The maximum absolute atomic E-state index is 6.34. The summed E-state index contributed by atoms with van der Waals surface area (Å²) in [7, 11) is 3.27. The lowest BCUT2D eigenvalue weighted by atomic mass is 10.1. The molecule has 1 heterocycles. The molecular weight excluding hydrogens is 420 g/mol. The van der Waals surface area contributed by atoms with Gasteiger partial charge in [0.25, 0.3) is 0 Å². The van der Waals surface area contributed by atoms with E-state index in [0.717, 1.165) is 28.3 Å². The summed E-state index contributed by atoms with van der Waals surface area (Å²) < 4.78 is 16.9. The smallest absolute Gasteiger partial charge is 0.225 e. The van der Waals surface area contributed by atoms with Gasteiger partial charge in [0.05, 0.1) is 14.2 Å². The first-order valence-electron chi connectivity index (χ1n) is 9.21. The summed E-state index contributed by atoms with van der Waals surface area (Å²) >= 11 is 11.7. The average Bonchev–Trinajstić information content (AvgIpc) is 2.79. The zero-order chi connectivity index (χ0) is 21.1. The van der Waals surface area contributed by atoms with Gasteiger partial charge in [-0.15, -0.1) is 0 Å². The molecule has 30 heavy (non-hydrogen) atoms. The van der Waals surface area contributed by atoms with Crippen LogP contribution in [0.2, 0.25) is 5.02 Å². The molecule has 4 rings (SSSR count). The Morgan fingerprint density at radius 1 is 0.867 bits per heavy atom. The third-order valence-electron chi connectivity index (χ3n) is 4.70. The van der Waals surface area contributed by atoms with Crippen LogP contribution in [0.15, 0.2) is 77.8 Å². The van der Waals surface area contributed by atoms with Crippen molar-refractivity contribution in [3.63, 3.8) is 0 Å². The number of aliphatic imine (C=N–C) groups is 1. The largest absolute Gasteiger partial charge is 0.497 e. The molecule has 0 saturated heterocycles. The van der Waals surface area contributed by atoms with E-state index in [1.165, 1.54) is 0 Å². The standard InChI is InChI=1S/C23H19ClN2O3S/c1-27-19-11-5-16(6-12-19)22-26(18-9-13-20(28-2)14-10-18)23(30)25-21(29-22)15-3-7-17(24)8-4-15/h3-14,22H,1-2H3. The molecule has 1 atom stereocenters. The van der Waals surface area contributed by atoms with Gasteiger partial charge in [-0.05, 0) is 85.0 Å². The Morgan fingerprint density at radius 3 is 2.00 bits per heavy atom. The number of hydrogen-bond donors (Lipinski definition) is 0. The van der Waals surface area contributed by atoms with Crippen LogP contribution in [0.3, 0.4) is 0 Å². The van der Waals surface area contributed by atoms with Crippen LogP contribution in [0.25, 0.3) is 0 Å². The van der Waals surface area contributed by atoms with Crippen molar-refractivity contribution >= 4 is 40.5 Å². The molecule has 0 radical (unpaired) electrons. The van der Waals surface area contributed by atoms with E-state index in [-0.39, 0.29) is 0 Å². The van der Waals surface area contributed by atoms with Crippen molar-refractivity contribution in [2.75, 3.05) is 19.1 Å². The van der Waals surface area contributed by atoms with Crippen LogP contribution in [-0.2, 0) is 4.74 Å². The second kappa shape index (κ2) is 8.73. The Bertz CT molecular complexity index is 1070. The molecule has 0 fully saturated rings. The number of methoxy groups -OCH3 is 2. The highest BCUT2D eigenvalue weighted by molar-refractivity contribution is 7.80. The fourth-order valence-electron chi connectivity index (χ4n) is 3.13. The lowest BCUT2D eigenvalue weighted by molar-refractivity contribution is 0.196. The lowest BCUT2D eigenvalue weighted by Crippen LogP contribution is -2.40.